The molecule has 2 N–H and O–H groups in total. The molecule has 0 spiro atoms. The molecule has 1 unspecified atom stereocenters. The van der Waals surface area contributed by atoms with Gasteiger partial charge in [0.25, 0.3) is 0 Å². The third-order valence-electron chi connectivity index (χ3n) is 2.64. The SMILES string of the molecule is C#CC.C=CC.CC.CC.CC/C=C\C(CC)C1=CCCC=C1.NC[CH2][Pb]. The van der Waals surface area contributed by atoms with Crippen molar-refractivity contribution in [1.82, 2.24) is 0 Å². The van der Waals surface area contributed by atoms with Gasteiger partial charge < -0.3 is 0 Å². The van der Waals surface area contributed by atoms with E-state index in [0.717, 1.165) is 13.0 Å². The van der Waals surface area contributed by atoms with E-state index in [1.165, 1.54) is 54.6 Å². The summed E-state index contributed by atoms with van der Waals surface area (Å²) in [5.74, 6) is 2.90. The van der Waals surface area contributed by atoms with Crippen molar-refractivity contribution < 1.29 is 0 Å². The molecule has 0 saturated carbocycles. The Labute approximate surface area is 189 Å². The third-order valence-corrected chi connectivity index (χ3v) is 3.76. The van der Waals surface area contributed by atoms with Gasteiger partial charge in [-0.1, -0.05) is 78.0 Å². The van der Waals surface area contributed by atoms with Crippen molar-refractivity contribution in [3.8, 4) is 12.3 Å². The molecule has 0 aromatic heterocycles. The molecule has 0 aromatic rings. The van der Waals surface area contributed by atoms with Gasteiger partial charge in [0, 0.05) is 5.92 Å². The molecule has 0 amide bonds. The summed E-state index contributed by atoms with van der Waals surface area (Å²) in [6, 6.07) is 0. The minimum atomic E-state index is 0.650. The van der Waals surface area contributed by atoms with Crippen molar-refractivity contribution in [3.05, 3.63) is 48.6 Å². The van der Waals surface area contributed by atoms with Crippen LogP contribution < -0.4 is 5.73 Å². The van der Waals surface area contributed by atoms with Crippen molar-refractivity contribution in [2.75, 3.05) is 6.54 Å². The first-order chi connectivity index (χ1) is 13.1. The standard InChI is InChI=1S/C13H20.C3H6.C3H4.C2H6N.2C2H6.Pb/c1-3-5-9-12(4-2)13-10-7-6-8-11-13;2*1-3-2;1-2-3;2*1-2;/h5,7,9-12H,3-4,6,8H2,1-2H3;3H,1H2,2H3;1H,2H3;1-3H2;2*1-2H3;/b9-5-;;;;;;. The molecule has 27 heavy (non-hydrogen) atoms. The van der Waals surface area contributed by atoms with Crippen LogP contribution in [-0.4, -0.2) is 32.3 Å². The molecule has 1 rings (SSSR count). The number of hydrogen-bond donors (Lipinski definition) is 1. The van der Waals surface area contributed by atoms with Crippen LogP contribution >= 0.6 is 0 Å². The zero-order chi connectivity index (χ0) is 22.3. The van der Waals surface area contributed by atoms with Gasteiger partial charge in [-0.25, -0.2) is 0 Å². The van der Waals surface area contributed by atoms with Crippen LogP contribution in [0.1, 0.15) is 81.1 Å². The molecule has 0 saturated heterocycles. The van der Waals surface area contributed by atoms with E-state index in [0.29, 0.717) is 5.92 Å². The summed E-state index contributed by atoms with van der Waals surface area (Å²) in [6.07, 6.45) is 22.7. The molecule has 1 aliphatic rings. The molecule has 3 radical (unpaired) electrons. The van der Waals surface area contributed by atoms with Crippen LogP contribution in [0.25, 0.3) is 0 Å². The number of allylic oxidation sites excluding steroid dienone is 7. The normalized spacial score (nSPS) is 11.5. The number of hydrogen-bond acceptors (Lipinski definition) is 1. The fourth-order valence-electron chi connectivity index (χ4n) is 1.69. The molecule has 0 fully saturated rings. The van der Waals surface area contributed by atoms with Crippen molar-refractivity contribution in [2.24, 2.45) is 11.7 Å². The van der Waals surface area contributed by atoms with Crippen LogP contribution in [0.15, 0.2) is 48.6 Å². The Hall–Kier alpha value is -0.598. The minimum absolute atomic E-state index is 0.650. The Balaban J connectivity index is -0.0000000957. The molecule has 0 bridgehead atoms. The van der Waals surface area contributed by atoms with E-state index in [4.69, 9.17) is 5.73 Å². The number of nitrogens with two attached hydrogens (primary N) is 1. The Morgan fingerprint density at radius 3 is 1.96 bits per heavy atom. The van der Waals surface area contributed by atoms with Crippen LogP contribution in [-0.2, 0) is 0 Å². The number of rotatable bonds is 5. The summed E-state index contributed by atoms with van der Waals surface area (Å²) in [5, 5.41) is 0. The van der Waals surface area contributed by atoms with Gasteiger partial charge in [0.2, 0.25) is 0 Å². The first-order valence-corrected chi connectivity index (χ1v) is 13.2. The Bertz CT molecular complexity index is 357. The fraction of sp³-hybridized carbons (Fsp3) is 0.600. The molecule has 1 aliphatic carbocycles. The molecular weight excluding hydrogens is 521 g/mol. The Morgan fingerprint density at radius 2 is 1.70 bits per heavy atom. The molecule has 1 nitrogen and oxygen atoms in total. The van der Waals surface area contributed by atoms with E-state index in [9.17, 15) is 0 Å². The molecule has 0 aliphatic heterocycles. The average molecular weight is 570 g/mol. The summed E-state index contributed by atoms with van der Waals surface area (Å²) in [7, 11) is 0. The molecule has 157 valence electrons. The van der Waals surface area contributed by atoms with Crippen molar-refractivity contribution >= 4 is 25.8 Å². The van der Waals surface area contributed by atoms with Gasteiger partial charge in [0.15, 0.2) is 0 Å². The van der Waals surface area contributed by atoms with Gasteiger partial charge in [-0.2, -0.15) is 0 Å². The van der Waals surface area contributed by atoms with Crippen molar-refractivity contribution in [1.29, 1.82) is 0 Å². The predicted molar refractivity (Wildman–Crippen MR) is 132 cm³/mol. The van der Waals surface area contributed by atoms with Gasteiger partial charge in [-0.3, -0.25) is 0 Å². The molecule has 0 heterocycles. The topological polar surface area (TPSA) is 26.0 Å². The average Bonchev–Trinajstić information content (AvgIpc) is 2.74. The Kier molecular flexibility index (Phi) is 61.5. The van der Waals surface area contributed by atoms with Gasteiger partial charge in [0.05, 0.1) is 0 Å². The fourth-order valence-corrected chi connectivity index (χ4v) is 1.69. The second-order valence-corrected chi connectivity index (χ2v) is 6.71. The summed E-state index contributed by atoms with van der Waals surface area (Å²) < 4.78 is 1.24. The molecule has 0 aromatic carbocycles. The van der Waals surface area contributed by atoms with E-state index in [-0.39, 0.29) is 0 Å². The van der Waals surface area contributed by atoms with E-state index in [2.05, 4.69) is 63.2 Å². The molecular formula is C25H48NPb. The van der Waals surface area contributed by atoms with Gasteiger partial charge in [-0.15, -0.1) is 18.9 Å². The second-order valence-electron chi connectivity index (χ2n) is 4.77. The summed E-state index contributed by atoms with van der Waals surface area (Å²) in [5.41, 5.74) is 6.57. The first-order valence-electron chi connectivity index (χ1n) is 10.4. The first kappa shape index (κ1) is 37.2. The zero-order valence-corrected chi connectivity index (χ0v) is 23.5. The quantitative estimate of drug-likeness (QED) is 0.205. The van der Waals surface area contributed by atoms with Gasteiger partial charge in [0.1, 0.15) is 0 Å². The molecule has 1 atom stereocenters. The van der Waals surface area contributed by atoms with E-state index in [1.807, 2.05) is 34.6 Å². The number of terminal acetylenes is 1. The second kappa shape index (κ2) is 44.7. The summed E-state index contributed by atoms with van der Waals surface area (Å²) >= 11 is 1.26. The Morgan fingerprint density at radius 1 is 1.26 bits per heavy atom. The molecule has 2 heteroatoms. The van der Waals surface area contributed by atoms with E-state index >= 15 is 0 Å². The van der Waals surface area contributed by atoms with Gasteiger partial charge in [-0.05, 0) is 45.1 Å². The van der Waals surface area contributed by atoms with Crippen molar-refractivity contribution in [3.63, 3.8) is 0 Å². The maximum atomic E-state index is 5.06. The van der Waals surface area contributed by atoms with Crippen molar-refractivity contribution in [2.45, 2.75) is 85.1 Å². The van der Waals surface area contributed by atoms with E-state index in [1.54, 1.807) is 13.0 Å². The maximum absolute atomic E-state index is 5.06. The summed E-state index contributed by atoms with van der Waals surface area (Å²) in [6.45, 7) is 20.2. The van der Waals surface area contributed by atoms with Crippen LogP contribution in [0.2, 0.25) is 3.98 Å². The van der Waals surface area contributed by atoms with E-state index < -0.39 is 0 Å². The third kappa shape index (κ3) is 41.1. The predicted octanol–water partition coefficient (Wildman–Crippen LogP) is 7.67. The zero-order valence-electron chi connectivity index (χ0n) is 19.6. The van der Waals surface area contributed by atoms with Crippen LogP contribution in [0.3, 0.4) is 0 Å². The van der Waals surface area contributed by atoms with Crippen LogP contribution in [0.5, 0.6) is 0 Å². The van der Waals surface area contributed by atoms with Crippen LogP contribution in [0.4, 0.5) is 0 Å². The van der Waals surface area contributed by atoms with Crippen LogP contribution in [0, 0.1) is 18.3 Å². The summed E-state index contributed by atoms with van der Waals surface area (Å²) in [4.78, 5) is 0. The van der Waals surface area contributed by atoms with Gasteiger partial charge >= 0.3 is 42.0 Å². The monoisotopic (exact) mass is 570 g/mol.